The second kappa shape index (κ2) is 4.59. The van der Waals surface area contributed by atoms with Gasteiger partial charge in [-0.1, -0.05) is 6.07 Å². The third-order valence-corrected chi connectivity index (χ3v) is 2.60. The number of carboxylic acid groups (broad SMARTS) is 1. The third kappa shape index (κ3) is 2.17. The Labute approximate surface area is 128 Å². The van der Waals surface area contributed by atoms with E-state index in [1.807, 2.05) is 0 Å². The molecule has 0 spiro atoms. The third-order valence-electron chi connectivity index (χ3n) is 2.60. The molecule has 75 valence electrons. The van der Waals surface area contributed by atoms with Crippen LogP contribution >= 0.6 is 0 Å². The Bertz CT molecular complexity index is 382. The summed E-state index contributed by atoms with van der Waals surface area (Å²) in [7, 11) is 0. The summed E-state index contributed by atoms with van der Waals surface area (Å²) < 4.78 is 26.5. The summed E-state index contributed by atoms with van der Waals surface area (Å²) in [6, 6.07) is 3.40. The van der Waals surface area contributed by atoms with Gasteiger partial charge >= 0.3 is 5.97 Å². The molecule has 1 aromatic carbocycles. The first-order chi connectivity index (χ1) is 6.58. The monoisotopic (exact) mass is 237 g/mol. The largest absolute Gasteiger partial charge is 0.481 e. The summed E-state index contributed by atoms with van der Waals surface area (Å²) in [5.41, 5.74) is -1.61. The van der Waals surface area contributed by atoms with Gasteiger partial charge in [-0.3, -0.25) is 4.79 Å². The van der Waals surface area contributed by atoms with E-state index in [9.17, 15) is 13.6 Å². The fourth-order valence-electron chi connectivity index (χ4n) is 1.65. The summed E-state index contributed by atoms with van der Waals surface area (Å²) in [5.74, 6) is -2.70. The molecule has 1 fully saturated rings. The molecule has 15 heavy (non-hydrogen) atoms. The van der Waals surface area contributed by atoms with Crippen LogP contribution in [0.5, 0.6) is 0 Å². The normalized spacial score (nSPS) is 16.7. The van der Waals surface area contributed by atoms with Gasteiger partial charge in [-0.05, 0) is 25.0 Å². The molecule has 0 heterocycles. The van der Waals surface area contributed by atoms with E-state index in [1.54, 1.807) is 0 Å². The molecule has 1 aromatic rings. The average Bonchev–Trinajstić information content (AvgIpc) is 2.85. The Morgan fingerprint density at radius 2 is 1.73 bits per heavy atom. The van der Waals surface area contributed by atoms with Crippen LogP contribution in [0.2, 0.25) is 0 Å². The van der Waals surface area contributed by atoms with Gasteiger partial charge in [0.25, 0.3) is 0 Å². The molecule has 0 amide bonds. The summed E-state index contributed by atoms with van der Waals surface area (Å²) in [4.78, 5) is 10.9. The topological polar surface area (TPSA) is 37.3 Å². The van der Waals surface area contributed by atoms with Crippen molar-refractivity contribution in [3.63, 3.8) is 0 Å². The fourth-order valence-corrected chi connectivity index (χ4v) is 1.65. The van der Waals surface area contributed by atoms with Crippen molar-refractivity contribution in [1.82, 2.24) is 0 Å². The Morgan fingerprint density at radius 3 is 2.07 bits per heavy atom. The van der Waals surface area contributed by atoms with Crippen LogP contribution < -0.4 is 0 Å². The van der Waals surface area contributed by atoms with E-state index >= 15 is 0 Å². The Kier molecular flexibility index (Phi) is 4.05. The molecule has 0 aliphatic heterocycles. The van der Waals surface area contributed by atoms with Crippen molar-refractivity contribution in [2.75, 3.05) is 0 Å². The van der Waals surface area contributed by atoms with E-state index in [4.69, 9.17) is 5.11 Å². The quantitative estimate of drug-likeness (QED) is 0.795. The molecule has 1 aliphatic carbocycles. The van der Waals surface area contributed by atoms with E-state index in [2.05, 4.69) is 0 Å². The number of carbonyl (C=O) groups is 1. The minimum absolute atomic E-state index is 0. The number of hydrogen-bond acceptors (Lipinski definition) is 1. The molecule has 0 bridgehead atoms. The second-order valence-corrected chi connectivity index (χ2v) is 3.48. The zero-order valence-electron chi connectivity index (χ0n) is 8.26. The number of halogens is 2. The molecule has 0 atom stereocenters. The van der Waals surface area contributed by atoms with Crippen molar-refractivity contribution in [2.24, 2.45) is 0 Å². The minimum atomic E-state index is -1.31. The Balaban J connectivity index is 0.00000112. The van der Waals surface area contributed by atoms with Gasteiger partial charge in [-0.25, -0.2) is 8.78 Å². The Morgan fingerprint density at radius 1 is 1.27 bits per heavy atom. The van der Waals surface area contributed by atoms with Crippen molar-refractivity contribution >= 4 is 57.4 Å². The van der Waals surface area contributed by atoms with Crippen LogP contribution in [0.25, 0.3) is 0 Å². The van der Waals surface area contributed by atoms with E-state index in [1.165, 1.54) is 6.07 Å². The predicted octanol–water partition coefficient (Wildman–Crippen LogP) is 1.70. The molecule has 1 saturated carbocycles. The Hall–Kier alpha value is 0.186. The molecule has 5 heteroatoms. The van der Waals surface area contributed by atoms with Gasteiger partial charge in [0, 0.05) is 56.9 Å². The number of aliphatic carboxylic acids is 1. The molecular formula is C10H8F2KO2. The number of rotatable bonds is 2. The first-order valence-corrected chi connectivity index (χ1v) is 4.26. The van der Waals surface area contributed by atoms with E-state index in [0.717, 1.165) is 12.1 Å². The van der Waals surface area contributed by atoms with Crippen LogP contribution in [0, 0.1) is 11.6 Å². The average molecular weight is 237 g/mol. The summed E-state index contributed by atoms with van der Waals surface area (Å²) in [6.45, 7) is 0. The molecule has 0 aromatic heterocycles. The standard InChI is InChI=1S/C10H8F2O2.K/c11-6-2-1-3-7(12)8(6)10(4-5-10)9(13)14;/h1-3H,4-5H2,(H,13,14);. The maximum absolute atomic E-state index is 13.2. The summed E-state index contributed by atoms with van der Waals surface area (Å²) >= 11 is 0. The SMILES string of the molecule is O=C(O)C1(c2c(F)cccc2F)CC1.[K]. The van der Waals surface area contributed by atoms with Crippen molar-refractivity contribution in [2.45, 2.75) is 18.3 Å². The minimum Gasteiger partial charge on any atom is -0.481 e. The second-order valence-electron chi connectivity index (χ2n) is 3.48. The van der Waals surface area contributed by atoms with Crippen LogP contribution in [0.4, 0.5) is 8.78 Å². The molecular weight excluding hydrogens is 229 g/mol. The van der Waals surface area contributed by atoms with Crippen molar-refractivity contribution < 1.29 is 18.7 Å². The smallest absolute Gasteiger partial charge is 0.314 e. The summed E-state index contributed by atoms with van der Waals surface area (Å²) in [6.07, 6.45) is 0.611. The van der Waals surface area contributed by atoms with Crippen molar-refractivity contribution in [3.05, 3.63) is 35.4 Å². The first-order valence-electron chi connectivity index (χ1n) is 4.26. The molecule has 0 saturated heterocycles. The van der Waals surface area contributed by atoms with Crippen LogP contribution in [-0.4, -0.2) is 62.5 Å². The molecule has 2 rings (SSSR count). The predicted molar refractivity (Wildman–Crippen MR) is 50.7 cm³/mol. The summed E-state index contributed by atoms with van der Waals surface area (Å²) in [5, 5.41) is 8.87. The van der Waals surface area contributed by atoms with Gasteiger partial charge in [-0.2, -0.15) is 0 Å². The van der Waals surface area contributed by atoms with Crippen LogP contribution in [0.15, 0.2) is 18.2 Å². The van der Waals surface area contributed by atoms with E-state index < -0.39 is 23.0 Å². The van der Waals surface area contributed by atoms with Crippen LogP contribution in [0.1, 0.15) is 18.4 Å². The maximum Gasteiger partial charge on any atom is 0.314 e. The van der Waals surface area contributed by atoms with Crippen molar-refractivity contribution in [3.8, 4) is 0 Å². The molecule has 1 radical (unpaired) electrons. The number of carboxylic acids is 1. The fraction of sp³-hybridized carbons (Fsp3) is 0.300. The first kappa shape index (κ1) is 13.3. The van der Waals surface area contributed by atoms with Gasteiger partial charge < -0.3 is 5.11 Å². The van der Waals surface area contributed by atoms with Gasteiger partial charge in [0.1, 0.15) is 11.6 Å². The van der Waals surface area contributed by atoms with Gasteiger partial charge in [0.15, 0.2) is 0 Å². The van der Waals surface area contributed by atoms with E-state index in [0.29, 0.717) is 12.8 Å². The van der Waals surface area contributed by atoms with Gasteiger partial charge in [-0.15, -0.1) is 0 Å². The van der Waals surface area contributed by atoms with Crippen LogP contribution in [0.3, 0.4) is 0 Å². The maximum atomic E-state index is 13.2. The molecule has 1 N–H and O–H groups in total. The number of hydrogen-bond donors (Lipinski definition) is 1. The van der Waals surface area contributed by atoms with E-state index in [-0.39, 0.29) is 56.9 Å². The molecule has 1 aliphatic rings. The van der Waals surface area contributed by atoms with Crippen molar-refractivity contribution in [1.29, 1.82) is 0 Å². The molecule has 0 unspecified atom stereocenters. The zero-order valence-corrected chi connectivity index (χ0v) is 11.4. The molecule has 2 nitrogen and oxygen atoms in total. The van der Waals surface area contributed by atoms with Gasteiger partial charge in [0.2, 0.25) is 0 Å². The van der Waals surface area contributed by atoms with Gasteiger partial charge in [0.05, 0.1) is 5.41 Å². The van der Waals surface area contributed by atoms with Crippen LogP contribution in [-0.2, 0) is 10.2 Å². The number of benzene rings is 1. The zero-order chi connectivity index (χ0) is 10.3.